The summed E-state index contributed by atoms with van der Waals surface area (Å²) >= 11 is 0. The number of aromatic nitrogens is 2. The number of rotatable bonds is 1. The fourth-order valence-corrected chi connectivity index (χ4v) is 0.464. The van der Waals surface area contributed by atoms with Crippen molar-refractivity contribution in [3.8, 4) is 5.88 Å². The van der Waals surface area contributed by atoms with Gasteiger partial charge in [0.25, 0.3) is 0 Å². The summed E-state index contributed by atoms with van der Waals surface area (Å²) in [4.78, 5) is 0. The molecule has 0 aliphatic carbocycles. The molecule has 0 amide bonds. The van der Waals surface area contributed by atoms with Crippen LogP contribution in [0.4, 0.5) is 0 Å². The lowest BCUT2D eigenvalue weighted by atomic mass is 10.5. The van der Waals surface area contributed by atoms with Crippen LogP contribution >= 0.6 is 0 Å². The van der Waals surface area contributed by atoms with Gasteiger partial charge in [-0.3, -0.25) is 0 Å². The van der Waals surface area contributed by atoms with Crippen molar-refractivity contribution >= 4 is 0 Å². The maximum atomic E-state index is 4.76. The summed E-state index contributed by atoms with van der Waals surface area (Å²) in [6, 6.07) is 1.78. The first-order valence-electron chi connectivity index (χ1n) is 2.34. The first-order valence-corrected chi connectivity index (χ1v) is 2.34. The van der Waals surface area contributed by atoms with Crippen LogP contribution in [0.3, 0.4) is 0 Å². The lowest BCUT2D eigenvalue weighted by Gasteiger charge is -1.98. The van der Waals surface area contributed by atoms with E-state index in [9.17, 15) is 0 Å². The molecule has 0 saturated heterocycles. The standard InChI is InChI=1S/C5H7N2O/c1-4-3-5(8-2)7-6-4/h3H,1-2H3/q-1. The minimum absolute atomic E-state index is 0.586. The fraction of sp³-hybridized carbons (Fsp3) is 0.400. The van der Waals surface area contributed by atoms with Crippen molar-refractivity contribution in [3.05, 3.63) is 11.8 Å². The van der Waals surface area contributed by atoms with E-state index in [4.69, 9.17) is 4.74 Å². The van der Waals surface area contributed by atoms with E-state index in [0.29, 0.717) is 5.88 Å². The van der Waals surface area contributed by atoms with Crippen LogP contribution < -0.4 is 9.84 Å². The van der Waals surface area contributed by atoms with Crippen molar-refractivity contribution in [3.63, 3.8) is 0 Å². The number of methoxy groups -OCH3 is 1. The molecule has 0 aromatic carbocycles. The van der Waals surface area contributed by atoms with Gasteiger partial charge in [0, 0.05) is 11.6 Å². The highest BCUT2D eigenvalue weighted by molar-refractivity contribution is 5.11. The minimum atomic E-state index is 0.586. The molecule has 0 atom stereocenters. The lowest BCUT2D eigenvalue weighted by molar-refractivity contribution is 0.395. The molecule has 0 N–H and O–H groups in total. The molecular formula is C5H7N2O-. The van der Waals surface area contributed by atoms with Crippen LogP contribution in [0, 0.1) is 6.92 Å². The number of aryl methyl sites for hydroxylation is 1. The second kappa shape index (κ2) is 1.86. The fourth-order valence-electron chi connectivity index (χ4n) is 0.464. The van der Waals surface area contributed by atoms with Gasteiger partial charge in [-0.25, -0.2) is 0 Å². The van der Waals surface area contributed by atoms with Crippen molar-refractivity contribution in [2.75, 3.05) is 7.11 Å². The van der Waals surface area contributed by atoms with Crippen LogP contribution in [0.5, 0.6) is 5.88 Å². The van der Waals surface area contributed by atoms with Gasteiger partial charge in [-0.15, -0.1) is 0 Å². The average molecular weight is 111 g/mol. The van der Waals surface area contributed by atoms with Gasteiger partial charge in [0.05, 0.1) is 7.11 Å². The molecule has 8 heavy (non-hydrogen) atoms. The Morgan fingerprint density at radius 1 is 1.75 bits per heavy atom. The number of hydrogen-bond donors (Lipinski definition) is 0. The highest BCUT2D eigenvalue weighted by Crippen LogP contribution is 2.02. The Hall–Kier alpha value is -0.990. The predicted octanol–water partition coefficient (Wildman–Crippen LogP) is 0.356. The molecule has 3 heteroatoms. The molecule has 0 aliphatic heterocycles. The van der Waals surface area contributed by atoms with Crippen molar-refractivity contribution in [2.24, 2.45) is 0 Å². The second-order valence-electron chi connectivity index (χ2n) is 1.53. The third-order valence-electron chi connectivity index (χ3n) is 0.848. The summed E-state index contributed by atoms with van der Waals surface area (Å²) < 4.78 is 4.76. The van der Waals surface area contributed by atoms with Gasteiger partial charge >= 0.3 is 0 Å². The Balaban J connectivity index is 2.84. The van der Waals surface area contributed by atoms with Crippen molar-refractivity contribution < 1.29 is 4.74 Å². The van der Waals surface area contributed by atoms with Crippen molar-refractivity contribution in [1.29, 1.82) is 0 Å². The highest BCUT2D eigenvalue weighted by Gasteiger charge is 1.80. The van der Waals surface area contributed by atoms with E-state index in [1.807, 2.05) is 6.92 Å². The lowest BCUT2D eigenvalue weighted by Crippen LogP contribution is -1.82. The largest absolute Gasteiger partial charge is 0.545 e. The highest BCUT2D eigenvalue weighted by atomic mass is 16.5. The van der Waals surface area contributed by atoms with Gasteiger partial charge in [0.1, 0.15) is 0 Å². The summed E-state index contributed by atoms with van der Waals surface area (Å²) in [5.41, 5.74) is 0.891. The van der Waals surface area contributed by atoms with Gasteiger partial charge < -0.3 is 14.9 Å². The van der Waals surface area contributed by atoms with Crippen LogP contribution in [0.1, 0.15) is 5.69 Å². The van der Waals surface area contributed by atoms with Crippen LogP contribution in [-0.2, 0) is 0 Å². The Labute approximate surface area is 47.7 Å². The monoisotopic (exact) mass is 111 g/mol. The molecule has 3 nitrogen and oxygen atoms in total. The summed E-state index contributed by atoms with van der Waals surface area (Å²) in [5.74, 6) is 0.586. The summed E-state index contributed by atoms with van der Waals surface area (Å²) in [5, 5.41) is 7.37. The van der Waals surface area contributed by atoms with Gasteiger partial charge in [-0.1, -0.05) is 0 Å². The normalized spacial score (nSPS) is 9.25. The second-order valence-corrected chi connectivity index (χ2v) is 1.53. The van der Waals surface area contributed by atoms with Crippen LogP contribution in [0.15, 0.2) is 6.07 Å². The van der Waals surface area contributed by atoms with Crippen LogP contribution in [-0.4, -0.2) is 12.2 Å². The average Bonchev–Trinajstić information content (AvgIpc) is 2.14. The van der Waals surface area contributed by atoms with E-state index >= 15 is 0 Å². The molecule has 0 aliphatic rings. The molecule has 0 unspecified atom stereocenters. The first-order chi connectivity index (χ1) is 3.83. The molecule has 1 aromatic rings. The number of hydrogen-bond acceptors (Lipinski definition) is 2. The molecule has 1 heterocycles. The summed E-state index contributed by atoms with van der Waals surface area (Å²) in [6.07, 6.45) is 0. The Morgan fingerprint density at radius 3 is 2.75 bits per heavy atom. The zero-order chi connectivity index (χ0) is 5.98. The first kappa shape index (κ1) is 5.15. The third kappa shape index (κ3) is 0.804. The van der Waals surface area contributed by atoms with Gasteiger partial charge in [0.15, 0.2) is 0 Å². The predicted molar refractivity (Wildman–Crippen MR) is 28.8 cm³/mol. The maximum absolute atomic E-state index is 4.76. The SMILES string of the molecule is COc1cc(C)n[n-]1. The molecule has 1 aromatic heterocycles. The Bertz CT molecular complexity index is 171. The number of nitrogens with zero attached hydrogens (tertiary/aromatic N) is 2. The van der Waals surface area contributed by atoms with E-state index in [1.165, 1.54) is 0 Å². The van der Waals surface area contributed by atoms with E-state index < -0.39 is 0 Å². The molecule has 0 radical (unpaired) electrons. The third-order valence-corrected chi connectivity index (χ3v) is 0.848. The Kier molecular flexibility index (Phi) is 1.20. The zero-order valence-electron chi connectivity index (χ0n) is 4.88. The topological polar surface area (TPSA) is 36.2 Å². The van der Waals surface area contributed by atoms with Gasteiger partial charge in [-0.05, 0) is 13.0 Å². The quantitative estimate of drug-likeness (QED) is 0.524. The van der Waals surface area contributed by atoms with E-state index in [-0.39, 0.29) is 0 Å². The summed E-state index contributed by atoms with van der Waals surface area (Å²) in [6.45, 7) is 1.87. The van der Waals surface area contributed by atoms with Crippen LogP contribution in [0.2, 0.25) is 0 Å². The van der Waals surface area contributed by atoms with Crippen molar-refractivity contribution in [1.82, 2.24) is 10.2 Å². The van der Waals surface area contributed by atoms with Gasteiger partial charge in [0.2, 0.25) is 0 Å². The maximum Gasteiger partial charge on any atom is 0.0748 e. The zero-order valence-corrected chi connectivity index (χ0v) is 4.88. The molecule has 0 bridgehead atoms. The van der Waals surface area contributed by atoms with Crippen LogP contribution in [0.25, 0.3) is 0 Å². The van der Waals surface area contributed by atoms with Gasteiger partial charge in [-0.2, -0.15) is 0 Å². The molecular weight excluding hydrogens is 104 g/mol. The molecule has 0 fully saturated rings. The van der Waals surface area contributed by atoms with E-state index in [1.54, 1.807) is 13.2 Å². The van der Waals surface area contributed by atoms with E-state index in [0.717, 1.165) is 5.69 Å². The molecule has 44 valence electrons. The molecule has 0 saturated carbocycles. The smallest absolute Gasteiger partial charge is 0.0748 e. The minimum Gasteiger partial charge on any atom is -0.545 e. The summed E-state index contributed by atoms with van der Waals surface area (Å²) in [7, 11) is 1.57. The number of ether oxygens (including phenoxy) is 1. The Morgan fingerprint density at radius 2 is 2.50 bits per heavy atom. The molecule has 0 spiro atoms. The molecule has 1 rings (SSSR count). The van der Waals surface area contributed by atoms with E-state index in [2.05, 4.69) is 10.2 Å². The van der Waals surface area contributed by atoms with Crippen molar-refractivity contribution in [2.45, 2.75) is 6.92 Å².